The summed E-state index contributed by atoms with van der Waals surface area (Å²) in [5, 5.41) is 8.74. The van der Waals surface area contributed by atoms with Crippen LogP contribution in [0.3, 0.4) is 0 Å². The van der Waals surface area contributed by atoms with Crippen LogP contribution in [0.1, 0.15) is 67.2 Å². The number of rotatable bonds is 7. The van der Waals surface area contributed by atoms with Crippen molar-refractivity contribution in [1.29, 1.82) is 0 Å². The molecule has 1 aliphatic rings. The van der Waals surface area contributed by atoms with E-state index < -0.39 is 5.97 Å². The van der Waals surface area contributed by atoms with E-state index in [1.807, 2.05) is 12.2 Å². The number of hydrogen-bond donors (Lipinski definition) is 1. The number of carbonyl (C=O) groups is 1. The van der Waals surface area contributed by atoms with Crippen molar-refractivity contribution < 1.29 is 9.90 Å². The average Bonchev–Trinajstić information content (AvgIpc) is 2.45. The van der Waals surface area contributed by atoms with Gasteiger partial charge >= 0.3 is 5.97 Å². The van der Waals surface area contributed by atoms with Gasteiger partial charge in [0, 0.05) is 6.08 Å². The van der Waals surface area contributed by atoms with E-state index in [1.165, 1.54) is 36.5 Å². The molecule has 0 fully saturated rings. The molecule has 0 aromatic carbocycles. The molecule has 2 nitrogen and oxygen atoms in total. The highest BCUT2D eigenvalue weighted by Crippen LogP contribution is 2.37. The molecule has 1 N–H and O–H groups in total. The standard InChI is InChI=1S/C23H34O2/c1-16(2)13-20-11-8-12-21(23(20)17(3)4)14-18(5)9-7-10-19(6)15-22(24)25/h7,9-10,14-17H,8,11-13H2,1-6H3,(H,24,25). The van der Waals surface area contributed by atoms with Crippen molar-refractivity contribution in [1.82, 2.24) is 0 Å². The van der Waals surface area contributed by atoms with Crippen LogP contribution in [0.25, 0.3) is 0 Å². The summed E-state index contributed by atoms with van der Waals surface area (Å²) in [4.78, 5) is 10.6. The van der Waals surface area contributed by atoms with E-state index in [9.17, 15) is 4.79 Å². The van der Waals surface area contributed by atoms with Crippen LogP contribution in [-0.4, -0.2) is 11.1 Å². The van der Waals surface area contributed by atoms with Crippen LogP contribution < -0.4 is 0 Å². The molecule has 0 radical (unpaired) electrons. The summed E-state index contributed by atoms with van der Waals surface area (Å²) in [6, 6.07) is 0. The Bertz CT molecular complexity index is 622. The highest BCUT2D eigenvalue weighted by Gasteiger charge is 2.20. The van der Waals surface area contributed by atoms with Gasteiger partial charge < -0.3 is 5.11 Å². The van der Waals surface area contributed by atoms with Gasteiger partial charge in [-0.2, -0.15) is 0 Å². The number of aliphatic carboxylic acids is 1. The van der Waals surface area contributed by atoms with Crippen molar-refractivity contribution in [3.05, 3.63) is 58.2 Å². The second-order valence-electron chi connectivity index (χ2n) is 7.79. The third-order valence-corrected chi connectivity index (χ3v) is 4.35. The quantitative estimate of drug-likeness (QED) is 0.416. The average molecular weight is 343 g/mol. The lowest BCUT2D eigenvalue weighted by molar-refractivity contribution is -0.131. The Morgan fingerprint density at radius 2 is 1.80 bits per heavy atom. The largest absolute Gasteiger partial charge is 0.478 e. The first kappa shape index (κ1) is 21.2. The minimum absolute atomic E-state index is 0.560. The monoisotopic (exact) mass is 342 g/mol. The molecule has 0 atom stereocenters. The highest BCUT2D eigenvalue weighted by molar-refractivity contribution is 5.81. The van der Waals surface area contributed by atoms with Crippen LogP contribution in [-0.2, 0) is 4.79 Å². The molecule has 0 saturated carbocycles. The summed E-state index contributed by atoms with van der Waals surface area (Å²) < 4.78 is 0. The molecule has 1 rings (SSSR count). The zero-order valence-corrected chi connectivity index (χ0v) is 16.7. The van der Waals surface area contributed by atoms with E-state index in [2.05, 4.69) is 46.8 Å². The van der Waals surface area contributed by atoms with Gasteiger partial charge in [-0.3, -0.25) is 0 Å². The lowest BCUT2D eigenvalue weighted by Crippen LogP contribution is -2.10. The predicted octanol–water partition coefficient (Wildman–Crippen LogP) is 6.63. The first-order valence-electron chi connectivity index (χ1n) is 9.39. The first-order valence-corrected chi connectivity index (χ1v) is 9.39. The van der Waals surface area contributed by atoms with Gasteiger partial charge in [-0.15, -0.1) is 0 Å². The van der Waals surface area contributed by atoms with E-state index in [1.54, 1.807) is 18.1 Å². The van der Waals surface area contributed by atoms with Crippen LogP contribution in [0.4, 0.5) is 0 Å². The van der Waals surface area contributed by atoms with Gasteiger partial charge in [0.15, 0.2) is 0 Å². The number of carboxylic acid groups (broad SMARTS) is 1. The van der Waals surface area contributed by atoms with Gasteiger partial charge in [-0.25, -0.2) is 4.79 Å². The van der Waals surface area contributed by atoms with E-state index >= 15 is 0 Å². The van der Waals surface area contributed by atoms with Crippen molar-refractivity contribution in [2.24, 2.45) is 11.8 Å². The van der Waals surface area contributed by atoms with Gasteiger partial charge in [-0.1, -0.05) is 63.1 Å². The predicted molar refractivity (Wildman–Crippen MR) is 108 cm³/mol. The summed E-state index contributed by atoms with van der Waals surface area (Å²) in [6.07, 6.45) is 14.2. The van der Waals surface area contributed by atoms with Crippen molar-refractivity contribution in [3.8, 4) is 0 Å². The SMILES string of the molecule is CC(=CC=CC(C)=CC(=O)O)C=C1CCCC(CC(C)C)=C1C(C)C. The molecule has 0 amide bonds. The molecule has 0 aromatic heterocycles. The van der Waals surface area contributed by atoms with Crippen LogP contribution in [0.2, 0.25) is 0 Å². The second-order valence-corrected chi connectivity index (χ2v) is 7.79. The van der Waals surface area contributed by atoms with E-state index in [0.717, 1.165) is 12.0 Å². The molecular weight excluding hydrogens is 308 g/mol. The van der Waals surface area contributed by atoms with E-state index in [4.69, 9.17) is 5.11 Å². The van der Waals surface area contributed by atoms with Crippen LogP contribution in [0, 0.1) is 11.8 Å². The Morgan fingerprint density at radius 1 is 1.12 bits per heavy atom. The number of hydrogen-bond acceptors (Lipinski definition) is 1. The summed E-state index contributed by atoms with van der Waals surface area (Å²) in [5.74, 6) is 0.354. The van der Waals surface area contributed by atoms with Crippen LogP contribution in [0.15, 0.2) is 58.2 Å². The third-order valence-electron chi connectivity index (χ3n) is 4.35. The maximum Gasteiger partial charge on any atom is 0.328 e. The Morgan fingerprint density at radius 3 is 2.36 bits per heavy atom. The second kappa shape index (κ2) is 10.2. The molecule has 0 unspecified atom stereocenters. The zero-order chi connectivity index (χ0) is 19.0. The van der Waals surface area contributed by atoms with Crippen molar-refractivity contribution in [2.45, 2.75) is 67.2 Å². The molecule has 0 bridgehead atoms. The summed E-state index contributed by atoms with van der Waals surface area (Å²) in [6.45, 7) is 13.1. The van der Waals surface area contributed by atoms with Gasteiger partial charge in [-0.05, 0) is 68.1 Å². The molecule has 0 heterocycles. The maximum atomic E-state index is 10.6. The molecule has 138 valence electrons. The fourth-order valence-corrected chi connectivity index (χ4v) is 3.54. The lowest BCUT2D eigenvalue weighted by atomic mass is 9.78. The Kier molecular flexibility index (Phi) is 8.68. The fourth-order valence-electron chi connectivity index (χ4n) is 3.54. The smallest absolute Gasteiger partial charge is 0.328 e. The normalized spacial score (nSPS) is 19.0. The van der Waals surface area contributed by atoms with Crippen LogP contribution in [0.5, 0.6) is 0 Å². The van der Waals surface area contributed by atoms with Gasteiger partial charge in [0.2, 0.25) is 0 Å². The third kappa shape index (κ3) is 7.72. The fraction of sp³-hybridized carbons (Fsp3) is 0.522. The van der Waals surface area contributed by atoms with Gasteiger partial charge in [0.05, 0.1) is 0 Å². The molecule has 2 heteroatoms. The van der Waals surface area contributed by atoms with E-state index in [0.29, 0.717) is 11.8 Å². The Balaban J connectivity index is 3.04. The summed E-state index contributed by atoms with van der Waals surface area (Å²) in [5.41, 5.74) is 6.64. The topological polar surface area (TPSA) is 37.3 Å². The lowest BCUT2D eigenvalue weighted by Gasteiger charge is -2.27. The number of carboxylic acids is 1. The molecule has 0 aliphatic heterocycles. The molecule has 0 aromatic rings. The maximum absolute atomic E-state index is 10.6. The highest BCUT2D eigenvalue weighted by atomic mass is 16.4. The molecule has 25 heavy (non-hydrogen) atoms. The molecule has 0 spiro atoms. The van der Waals surface area contributed by atoms with Crippen molar-refractivity contribution >= 4 is 5.97 Å². The van der Waals surface area contributed by atoms with Crippen molar-refractivity contribution in [2.75, 3.05) is 0 Å². The van der Waals surface area contributed by atoms with Crippen LogP contribution >= 0.6 is 0 Å². The molecule has 1 aliphatic carbocycles. The molecular formula is C23H34O2. The first-order chi connectivity index (χ1) is 11.7. The molecule has 0 saturated heterocycles. The summed E-state index contributed by atoms with van der Waals surface area (Å²) >= 11 is 0. The Hall–Kier alpha value is -1.83. The number of allylic oxidation sites excluding steroid dienone is 9. The van der Waals surface area contributed by atoms with E-state index in [-0.39, 0.29) is 0 Å². The summed E-state index contributed by atoms with van der Waals surface area (Å²) in [7, 11) is 0. The Labute approximate surface area is 153 Å². The minimum atomic E-state index is -0.906. The van der Waals surface area contributed by atoms with Gasteiger partial charge in [0.25, 0.3) is 0 Å². The van der Waals surface area contributed by atoms with Crippen molar-refractivity contribution in [3.63, 3.8) is 0 Å². The zero-order valence-electron chi connectivity index (χ0n) is 16.7. The minimum Gasteiger partial charge on any atom is -0.478 e. The van der Waals surface area contributed by atoms with Gasteiger partial charge in [0.1, 0.15) is 0 Å².